The first-order valence-corrected chi connectivity index (χ1v) is 13.4. The van der Waals surface area contributed by atoms with Gasteiger partial charge < -0.3 is 0 Å². The SMILES string of the molecule is Cc1sc2cc3c(I)c([Si](C)(C)C)sc3cc2c1I. The summed E-state index contributed by atoms with van der Waals surface area (Å²) < 4.78 is 7.47. The molecule has 0 saturated heterocycles. The van der Waals surface area contributed by atoms with E-state index in [4.69, 9.17) is 0 Å². The molecule has 19 heavy (non-hydrogen) atoms. The minimum Gasteiger partial charge on any atom is -0.144 e. The summed E-state index contributed by atoms with van der Waals surface area (Å²) in [5, 5.41) is 2.91. The number of aryl methyl sites for hydroxylation is 1. The Morgan fingerprint density at radius 2 is 1.42 bits per heavy atom. The van der Waals surface area contributed by atoms with Crippen molar-refractivity contribution in [1.29, 1.82) is 0 Å². The molecule has 0 aliphatic heterocycles. The third-order valence-corrected chi connectivity index (χ3v) is 12.8. The molecule has 1 aromatic carbocycles. The fourth-order valence-electron chi connectivity index (χ4n) is 2.23. The van der Waals surface area contributed by atoms with E-state index in [1.807, 2.05) is 22.7 Å². The molecule has 0 aliphatic carbocycles. The first kappa shape index (κ1) is 14.7. The van der Waals surface area contributed by atoms with Crippen LogP contribution in [-0.4, -0.2) is 8.07 Å². The van der Waals surface area contributed by atoms with Gasteiger partial charge in [0.2, 0.25) is 0 Å². The molecule has 0 unspecified atom stereocenters. The maximum absolute atomic E-state index is 2.56. The van der Waals surface area contributed by atoms with Gasteiger partial charge in [-0.25, -0.2) is 0 Å². The highest BCUT2D eigenvalue weighted by atomic mass is 127. The molecular weight excluding hydrogens is 514 g/mol. The highest BCUT2D eigenvalue weighted by Crippen LogP contribution is 2.38. The van der Waals surface area contributed by atoms with Crippen molar-refractivity contribution in [3.05, 3.63) is 24.2 Å². The molecule has 0 nitrogen and oxygen atoms in total. The largest absolute Gasteiger partial charge is 0.144 e. The summed E-state index contributed by atoms with van der Waals surface area (Å²) in [6.45, 7) is 9.54. The minimum atomic E-state index is -1.23. The Morgan fingerprint density at radius 1 is 0.895 bits per heavy atom. The van der Waals surface area contributed by atoms with Crippen LogP contribution in [0.5, 0.6) is 0 Å². The zero-order valence-electron chi connectivity index (χ0n) is 11.2. The first-order chi connectivity index (χ1) is 8.79. The maximum atomic E-state index is 2.56. The predicted octanol–water partition coefficient (Wildman–Crippen LogP) is 6.18. The molecule has 0 spiro atoms. The topological polar surface area (TPSA) is 0 Å². The van der Waals surface area contributed by atoms with Crippen molar-refractivity contribution in [3.8, 4) is 0 Å². The van der Waals surface area contributed by atoms with E-state index >= 15 is 0 Å². The quantitative estimate of drug-likeness (QED) is 0.262. The van der Waals surface area contributed by atoms with E-state index in [0.29, 0.717) is 0 Å². The average molecular weight is 528 g/mol. The number of benzene rings is 1. The Balaban J connectivity index is 2.40. The second-order valence-electron chi connectivity index (χ2n) is 5.81. The summed E-state index contributed by atoms with van der Waals surface area (Å²) in [5.74, 6) is 0. The van der Waals surface area contributed by atoms with Crippen LogP contribution in [-0.2, 0) is 0 Å². The molecule has 2 aromatic heterocycles. The van der Waals surface area contributed by atoms with Crippen LogP contribution in [0, 0.1) is 14.1 Å². The fraction of sp³-hybridized carbons (Fsp3) is 0.286. The lowest BCUT2D eigenvalue weighted by Gasteiger charge is -2.13. The van der Waals surface area contributed by atoms with Crippen molar-refractivity contribution in [2.75, 3.05) is 0 Å². The van der Waals surface area contributed by atoms with Crippen molar-refractivity contribution in [3.63, 3.8) is 0 Å². The molecule has 0 saturated carbocycles. The number of fused-ring (bicyclic) bond motifs is 2. The Labute approximate surface area is 149 Å². The molecule has 5 heteroatoms. The number of hydrogen-bond acceptors (Lipinski definition) is 2. The average Bonchev–Trinajstić information content (AvgIpc) is 2.77. The lowest BCUT2D eigenvalue weighted by Crippen LogP contribution is -2.36. The molecule has 100 valence electrons. The molecular formula is C14H14I2S2Si. The molecule has 0 atom stereocenters. The second kappa shape index (κ2) is 4.93. The zero-order chi connectivity index (χ0) is 13.9. The molecule has 0 N–H and O–H groups in total. The van der Waals surface area contributed by atoms with Gasteiger partial charge in [-0.2, -0.15) is 0 Å². The molecule has 0 fully saturated rings. The van der Waals surface area contributed by atoms with Crippen LogP contribution in [0.1, 0.15) is 4.88 Å². The molecule has 0 amide bonds. The van der Waals surface area contributed by atoms with Crippen molar-refractivity contribution in [2.24, 2.45) is 0 Å². The molecule has 2 heterocycles. The first-order valence-electron chi connectivity index (χ1n) is 6.10. The maximum Gasteiger partial charge on any atom is 0.0918 e. The van der Waals surface area contributed by atoms with Gasteiger partial charge in [-0.05, 0) is 64.2 Å². The molecule has 0 aliphatic rings. The van der Waals surface area contributed by atoms with E-state index in [9.17, 15) is 0 Å². The van der Waals surface area contributed by atoms with E-state index in [2.05, 4.69) is 83.9 Å². The summed E-state index contributed by atoms with van der Waals surface area (Å²) in [5.41, 5.74) is 0. The Hall–Kier alpha value is 0.817. The van der Waals surface area contributed by atoms with Gasteiger partial charge in [0.1, 0.15) is 0 Å². The van der Waals surface area contributed by atoms with Gasteiger partial charge in [-0.3, -0.25) is 0 Å². The van der Waals surface area contributed by atoms with Crippen LogP contribution in [0.3, 0.4) is 0 Å². The standard InChI is InChI=1S/C14H14I2S2Si/c1-7-12(15)8-5-11-9(6-10(8)17-7)13(16)14(18-11)19(2,3)4/h5-6H,1-4H3. The molecule has 3 aromatic rings. The second-order valence-corrected chi connectivity index (χ2v) is 15.6. The highest BCUT2D eigenvalue weighted by molar-refractivity contribution is 14.1. The molecule has 3 rings (SSSR count). The van der Waals surface area contributed by atoms with Crippen LogP contribution in [0.2, 0.25) is 19.6 Å². The van der Waals surface area contributed by atoms with Crippen molar-refractivity contribution < 1.29 is 0 Å². The lowest BCUT2D eigenvalue weighted by atomic mass is 10.2. The predicted molar refractivity (Wildman–Crippen MR) is 110 cm³/mol. The Morgan fingerprint density at radius 3 is 2.00 bits per heavy atom. The van der Waals surface area contributed by atoms with Gasteiger partial charge >= 0.3 is 0 Å². The van der Waals surface area contributed by atoms with Gasteiger partial charge in [0.25, 0.3) is 0 Å². The minimum absolute atomic E-state index is 1.23. The Kier molecular flexibility index (Phi) is 3.82. The number of thiophene rings is 2. The van der Waals surface area contributed by atoms with Crippen molar-refractivity contribution in [1.82, 2.24) is 0 Å². The third kappa shape index (κ3) is 2.43. The number of hydrogen-bond donors (Lipinski definition) is 0. The zero-order valence-corrected chi connectivity index (χ0v) is 18.2. The normalized spacial score (nSPS) is 12.7. The summed E-state index contributed by atoms with van der Waals surface area (Å²) in [6.07, 6.45) is 0. The van der Waals surface area contributed by atoms with Crippen molar-refractivity contribution in [2.45, 2.75) is 26.6 Å². The smallest absolute Gasteiger partial charge is 0.0918 e. The van der Waals surface area contributed by atoms with Crippen molar-refractivity contribution >= 4 is 101 Å². The summed E-state index contributed by atoms with van der Waals surface area (Å²) in [4.78, 5) is 1.44. The van der Waals surface area contributed by atoms with Crippen LogP contribution in [0.25, 0.3) is 20.2 Å². The highest BCUT2D eigenvalue weighted by Gasteiger charge is 2.24. The van der Waals surface area contributed by atoms with Crippen LogP contribution in [0.15, 0.2) is 12.1 Å². The third-order valence-electron chi connectivity index (χ3n) is 3.22. The number of halogens is 2. The van der Waals surface area contributed by atoms with Gasteiger partial charge in [-0.15, -0.1) is 22.7 Å². The van der Waals surface area contributed by atoms with Gasteiger partial charge in [-0.1, -0.05) is 19.6 Å². The molecule has 0 bridgehead atoms. The van der Waals surface area contributed by atoms with E-state index in [1.54, 1.807) is 4.50 Å². The molecule has 0 radical (unpaired) electrons. The Bertz CT molecular complexity index is 793. The van der Waals surface area contributed by atoms with Crippen LogP contribution < -0.4 is 4.50 Å². The van der Waals surface area contributed by atoms with Gasteiger partial charge in [0, 0.05) is 36.7 Å². The van der Waals surface area contributed by atoms with E-state index in [0.717, 1.165) is 0 Å². The van der Waals surface area contributed by atoms with Gasteiger partial charge in [0.05, 0.1) is 8.07 Å². The van der Waals surface area contributed by atoms with E-state index < -0.39 is 8.07 Å². The van der Waals surface area contributed by atoms with Crippen LogP contribution in [0.4, 0.5) is 0 Å². The number of rotatable bonds is 1. The van der Waals surface area contributed by atoms with Gasteiger partial charge in [0.15, 0.2) is 0 Å². The summed E-state index contributed by atoms with van der Waals surface area (Å²) in [7, 11) is -1.23. The monoisotopic (exact) mass is 528 g/mol. The van der Waals surface area contributed by atoms with Crippen LogP contribution >= 0.6 is 67.9 Å². The lowest BCUT2D eigenvalue weighted by molar-refractivity contribution is 1.61. The summed E-state index contributed by atoms with van der Waals surface area (Å²) in [6, 6.07) is 4.82. The van der Waals surface area contributed by atoms with E-state index in [1.165, 1.54) is 32.2 Å². The fourth-order valence-corrected chi connectivity index (χ4v) is 10.8. The summed E-state index contributed by atoms with van der Waals surface area (Å²) >= 11 is 8.98. The van der Waals surface area contributed by atoms with E-state index in [-0.39, 0.29) is 0 Å².